The minimum atomic E-state index is 0.617. The number of hydrogen-bond acceptors (Lipinski definition) is 1. The monoisotopic (exact) mass is 224 g/mol. The van der Waals surface area contributed by atoms with Crippen molar-refractivity contribution in [2.24, 2.45) is 11.8 Å². The Bertz CT molecular complexity index is 203. The Morgan fingerprint density at radius 2 is 1.94 bits per heavy atom. The highest BCUT2D eigenvalue weighted by Crippen LogP contribution is 2.08. The summed E-state index contributed by atoms with van der Waals surface area (Å²) in [4.78, 5) is 0. The van der Waals surface area contributed by atoms with Crippen molar-refractivity contribution in [1.82, 2.24) is 0 Å². The molecule has 0 fully saturated rings. The van der Waals surface area contributed by atoms with E-state index in [4.69, 9.17) is 4.74 Å². The maximum Gasteiger partial charge on any atom is 0.0674 e. The minimum Gasteiger partial charge on any atom is -0.377 e. The third-order valence-electron chi connectivity index (χ3n) is 2.69. The van der Waals surface area contributed by atoms with Crippen LogP contribution < -0.4 is 0 Å². The highest BCUT2D eigenvalue weighted by atomic mass is 16.5. The molecule has 0 radical (unpaired) electrons. The van der Waals surface area contributed by atoms with E-state index in [-0.39, 0.29) is 0 Å². The lowest BCUT2D eigenvalue weighted by molar-refractivity contribution is 0.144. The first-order valence-electron chi connectivity index (χ1n) is 6.42. The van der Waals surface area contributed by atoms with Crippen molar-refractivity contribution in [1.29, 1.82) is 0 Å². The topological polar surface area (TPSA) is 9.23 Å². The van der Waals surface area contributed by atoms with Crippen LogP contribution in [-0.2, 0) is 4.74 Å². The summed E-state index contributed by atoms with van der Waals surface area (Å²) in [6.45, 7) is 14.3. The predicted molar refractivity (Wildman–Crippen MR) is 72.6 cm³/mol. The van der Waals surface area contributed by atoms with Gasteiger partial charge in [-0.1, -0.05) is 38.5 Å². The summed E-state index contributed by atoms with van der Waals surface area (Å²) in [5.74, 6) is 1.35. The molecule has 0 bridgehead atoms. The van der Waals surface area contributed by atoms with Crippen LogP contribution in [-0.4, -0.2) is 13.2 Å². The molecule has 0 spiro atoms. The fourth-order valence-electron chi connectivity index (χ4n) is 1.32. The summed E-state index contributed by atoms with van der Waals surface area (Å²) in [6.07, 6.45) is 7.78. The Balaban J connectivity index is 3.51. The lowest BCUT2D eigenvalue weighted by Gasteiger charge is -2.07. The molecule has 1 heteroatoms. The standard InChI is InChI=1S/C15H28O/c1-6-14(4)8-7-9-15(5)12-16-11-10-13(2)3/h6,9,13-14H,1,7-8,10-12H2,2-5H3. The maximum absolute atomic E-state index is 5.60. The molecule has 0 aromatic carbocycles. The molecule has 0 aliphatic rings. The van der Waals surface area contributed by atoms with Crippen LogP contribution in [0.3, 0.4) is 0 Å². The second-order valence-corrected chi connectivity index (χ2v) is 5.08. The average Bonchev–Trinajstić information content (AvgIpc) is 2.24. The Kier molecular flexibility index (Phi) is 9.31. The van der Waals surface area contributed by atoms with Gasteiger partial charge in [0.25, 0.3) is 0 Å². The van der Waals surface area contributed by atoms with Gasteiger partial charge in [0.1, 0.15) is 0 Å². The molecule has 16 heavy (non-hydrogen) atoms. The van der Waals surface area contributed by atoms with Crippen molar-refractivity contribution in [3.8, 4) is 0 Å². The molecule has 0 aliphatic heterocycles. The third kappa shape index (κ3) is 9.97. The van der Waals surface area contributed by atoms with Gasteiger partial charge in [0.15, 0.2) is 0 Å². The first-order valence-corrected chi connectivity index (χ1v) is 6.42. The normalized spacial score (nSPS) is 14.2. The minimum absolute atomic E-state index is 0.617. The third-order valence-corrected chi connectivity index (χ3v) is 2.69. The fourth-order valence-corrected chi connectivity index (χ4v) is 1.32. The summed E-state index contributed by atoms with van der Waals surface area (Å²) in [7, 11) is 0. The Morgan fingerprint density at radius 1 is 1.25 bits per heavy atom. The summed E-state index contributed by atoms with van der Waals surface area (Å²) >= 11 is 0. The van der Waals surface area contributed by atoms with Gasteiger partial charge in [-0.05, 0) is 38.0 Å². The summed E-state index contributed by atoms with van der Waals surface area (Å²) < 4.78 is 5.60. The molecule has 1 nitrogen and oxygen atoms in total. The molecule has 94 valence electrons. The summed E-state index contributed by atoms with van der Waals surface area (Å²) in [6, 6.07) is 0. The molecule has 0 rings (SSSR count). The van der Waals surface area contributed by atoms with Gasteiger partial charge in [-0.2, -0.15) is 0 Å². The van der Waals surface area contributed by atoms with E-state index in [0.717, 1.165) is 32.0 Å². The number of hydrogen-bond donors (Lipinski definition) is 0. The molecule has 0 saturated carbocycles. The average molecular weight is 224 g/mol. The smallest absolute Gasteiger partial charge is 0.0674 e. The van der Waals surface area contributed by atoms with E-state index in [2.05, 4.69) is 40.3 Å². The van der Waals surface area contributed by atoms with Crippen LogP contribution in [0, 0.1) is 11.8 Å². The van der Waals surface area contributed by atoms with E-state index >= 15 is 0 Å². The van der Waals surface area contributed by atoms with Gasteiger partial charge in [0.2, 0.25) is 0 Å². The molecule has 0 N–H and O–H groups in total. The van der Waals surface area contributed by atoms with E-state index in [1.807, 2.05) is 6.08 Å². The van der Waals surface area contributed by atoms with E-state index in [1.54, 1.807) is 0 Å². The van der Waals surface area contributed by atoms with E-state index in [0.29, 0.717) is 5.92 Å². The van der Waals surface area contributed by atoms with E-state index < -0.39 is 0 Å². The first-order chi connectivity index (χ1) is 7.56. The van der Waals surface area contributed by atoms with Crippen molar-refractivity contribution < 1.29 is 4.74 Å². The van der Waals surface area contributed by atoms with E-state index in [1.165, 1.54) is 12.0 Å². The van der Waals surface area contributed by atoms with Gasteiger partial charge in [-0.25, -0.2) is 0 Å². The Labute approximate surface area is 102 Å². The quantitative estimate of drug-likeness (QED) is 0.411. The first kappa shape index (κ1) is 15.4. The second-order valence-electron chi connectivity index (χ2n) is 5.08. The van der Waals surface area contributed by atoms with Crippen LogP contribution in [0.2, 0.25) is 0 Å². The molecule has 0 aliphatic carbocycles. The summed E-state index contributed by atoms with van der Waals surface area (Å²) in [5, 5.41) is 0. The molecule has 0 saturated heterocycles. The van der Waals surface area contributed by atoms with Crippen molar-refractivity contribution in [3.63, 3.8) is 0 Å². The highest BCUT2D eigenvalue weighted by molar-refractivity contribution is 4.98. The lowest BCUT2D eigenvalue weighted by Crippen LogP contribution is -2.01. The van der Waals surface area contributed by atoms with E-state index in [9.17, 15) is 0 Å². The number of ether oxygens (including phenoxy) is 1. The van der Waals surface area contributed by atoms with Crippen LogP contribution in [0.5, 0.6) is 0 Å². The van der Waals surface area contributed by atoms with Gasteiger partial charge >= 0.3 is 0 Å². The predicted octanol–water partition coefficient (Wildman–Crippen LogP) is 4.60. The lowest BCUT2D eigenvalue weighted by atomic mass is 10.1. The van der Waals surface area contributed by atoms with Crippen LogP contribution in [0.15, 0.2) is 24.3 Å². The van der Waals surface area contributed by atoms with Gasteiger partial charge < -0.3 is 4.74 Å². The van der Waals surface area contributed by atoms with Crippen molar-refractivity contribution in [2.75, 3.05) is 13.2 Å². The molecular weight excluding hydrogens is 196 g/mol. The number of rotatable bonds is 9. The molecular formula is C15H28O. The highest BCUT2D eigenvalue weighted by Gasteiger charge is 1.96. The molecule has 0 heterocycles. The Hall–Kier alpha value is -0.560. The van der Waals surface area contributed by atoms with Crippen LogP contribution in [0.1, 0.15) is 47.0 Å². The second kappa shape index (κ2) is 9.65. The largest absolute Gasteiger partial charge is 0.377 e. The zero-order valence-corrected chi connectivity index (χ0v) is 11.5. The van der Waals surface area contributed by atoms with Gasteiger partial charge in [0, 0.05) is 6.61 Å². The van der Waals surface area contributed by atoms with Crippen LogP contribution in [0.25, 0.3) is 0 Å². The Morgan fingerprint density at radius 3 is 2.50 bits per heavy atom. The molecule has 1 unspecified atom stereocenters. The zero-order chi connectivity index (χ0) is 12.4. The number of allylic oxidation sites excluding steroid dienone is 2. The van der Waals surface area contributed by atoms with Gasteiger partial charge in [0.05, 0.1) is 6.61 Å². The van der Waals surface area contributed by atoms with Crippen LogP contribution in [0.4, 0.5) is 0 Å². The molecule has 0 aromatic heterocycles. The summed E-state index contributed by atoms with van der Waals surface area (Å²) in [5.41, 5.74) is 1.35. The fraction of sp³-hybridized carbons (Fsp3) is 0.733. The maximum atomic E-state index is 5.60. The van der Waals surface area contributed by atoms with Crippen molar-refractivity contribution in [3.05, 3.63) is 24.3 Å². The molecule has 0 amide bonds. The van der Waals surface area contributed by atoms with Gasteiger partial charge in [-0.3, -0.25) is 0 Å². The SMILES string of the molecule is C=CC(C)CCC=C(C)COCCC(C)C. The molecule has 0 aromatic rings. The molecule has 1 atom stereocenters. The van der Waals surface area contributed by atoms with Crippen molar-refractivity contribution >= 4 is 0 Å². The van der Waals surface area contributed by atoms with Crippen LogP contribution >= 0.6 is 0 Å². The van der Waals surface area contributed by atoms with Gasteiger partial charge in [-0.15, -0.1) is 6.58 Å². The van der Waals surface area contributed by atoms with Crippen molar-refractivity contribution in [2.45, 2.75) is 47.0 Å². The zero-order valence-electron chi connectivity index (χ0n) is 11.5.